The Kier molecular flexibility index (Phi) is 4.25. The molecule has 0 atom stereocenters. The van der Waals surface area contributed by atoms with Crippen molar-refractivity contribution < 1.29 is 9.50 Å². The molecule has 0 fully saturated rings. The van der Waals surface area contributed by atoms with Gasteiger partial charge in [0, 0.05) is 18.7 Å². The Morgan fingerprint density at radius 3 is 2.68 bits per heavy atom. The molecule has 5 nitrogen and oxygen atoms in total. The number of aliphatic hydroxyl groups is 1. The number of nitrogen functional groups attached to an aromatic ring is 1. The van der Waals surface area contributed by atoms with E-state index >= 15 is 0 Å². The van der Waals surface area contributed by atoms with E-state index in [9.17, 15) is 4.39 Å². The van der Waals surface area contributed by atoms with Gasteiger partial charge in [-0.3, -0.25) is 0 Å². The van der Waals surface area contributed by atoms with Gasteiger partial charge in [0.2, 0.25) is 0 Å². The lowest BCUT2D eigenvalue weighted by Crippen LogP contribution is -2.09. The van der Waals surface area contributed by atoms with Gasteiger partial charge in [-0.25, -0.2) is 14.4 Å². The first-order valence-electron chi connectivity index (χ1n) is 5.94. The summed E-state index contributed by atoms with van der Waals surface area (Å²) in [5.74, 6) is 0.465. The second-order valence-electron chi connectivity index (χ2n) is 4.00. The maximum atomic E-state index is 12.9. The highest BCUT2D eigenvalue weighted by molar-refractivity contribution is 5.65. The van der Waals surface area contributed by atoms with Crippen LogP contribution in [-0.2, 0) is 0 Å². The SMILES string of the molecule is Nc1ncc(-c2ccc(F)cc2)nc1NCCCO. The van der Waals surface area contributed by atoms with Crippen molar-refractivity contribution in [1.82, 2.24) is 9.97 Å². The highest BCUT2D eigenvalue weighted by atomic mass is 19.1. The molecule has 0 radical (unpaired) electrons. The Hall–Kier alpha value is -2.21. The number of benzene rings is 1. The summed E-state index contributed by atoms with van der Waals surface area (Å²) in [4.78, 5) is 8.39. The van der Waals surface area contributed by atoms with Gasteiger partial charge in [-0.15, -0.1) is 0 Å². The van der Waals surface area contributed by atoms with Crippen molar-refractivity contribution in [2.75, 3.05) is 24.2 Å². The van der Waals surface area contributed by atoms with Gasteiger partial charge in [0.05, 0.1) is 11.9 Å². The van der Waals surface area contributed by atoms with Crippen LogP contribution in [0.1, 0.15) is 6.42 Å². The third kappa shape index (κ3) is 3.38. The zero-order chi connectivity index (χ0) is 13.7. The average Bonchev–Trinajstić information content (AvgIpc) is 2.42. The van der Waals surface area contributed by atoms with E-state index in [1.165, 1.54) is 12.1 Å². The van der Waals surface area contributed by atoms with E-state index in [1.807, 2.05) is 0 Å². The first-order valence-corrected chi connectivity index (χ1v) is 5.94. The number of hydrogen-bond donors (Lipinski definition) is 3. The molecular formula is C13H15FN4O. The van der Waals surface area contributed by atoms with Crippen LogP contribution in [0.2, 0.25) is 0 Å². The Bertz CT molecular complexity index is 545. The van der Waals surface area contributed by atoms with Gasteiger partial charge < -0.3 is 16.2 Å². The Morgan fingerprint density at radius 2 is 2.00 bits per heavy atom. The van der Waals surface area contributed by atoms with Crippen LogP contribution in [0.5, 0.6) is 0 Å². The highest BCUT2D eigenvalue weighted by Gasteiger charge is 2.06. The van der Waals surface area contributed by atoms with Gasteiger partial charge in [0.25, 0.3) is 0 Å². The largest absolute Gasteiger partial charge is 0.396 e. The summed E-state index contributed by atoms with van der Waals surface area (Å²) in [6.45, 7) is 0.653. The molecule has 0 aliphatic rings. The van der Waals surface area contributed by atoms with E-state index in [2.05, 4.69) is 15.3 Å². The smallest absolute Gasteiger partial charge is 0.169 e. The number of nitrogens with one attached hydrogen (secondary N) is 1. The number of anilines is 2. The maximum absolute atomic E-state index is 12.9. The molecule has 0 amide bonds. The molecule has 0 bridgehead atoms. The van der Waals surface area contributed by atoms with Crippen LogP contribution < -0.4 is 11.1 Å². The molecule has 2 aromatic rings. The predicted octanol–water partition coefficient (Wildman–Crippen LogP) is 1.66. The first kappa shape index (κ1) is 13.2. The van der Waals surface area contributed by atoms with Crippen LogP contribution in [0, 0.1) is 5.82 Å². The van der Waals surface area contributed by atoms with Crippen molar-refractivity contribution >= 4 is 11.6 Å². The van der Waals surface area contributed by atoms with Crippen molar-refractivity contribution in [3.63, 3.8) is 0 Å². The van der Waals surface area contributed by atoms with E-state index < -0.39 is 0 Å². The van der Waals surface area contributed by atoms with Crippen molar-refractivity contribution in [3.8, 4) is 11.3 Å². The summed E-state index contributed by atoms with van der Waals surface area (Å²) in [7, 11) is 0. The van der Waals surface area contributed by atoms with Gasteiger partial charge in [-0.2, -0.15) is 0 Å². The number of aromatic nitrogens is 2. The lowest BCUT2D eigenvalue weighted by molar-refractivity contribution is 0.292. The lowest BCUT2D eigenvalue weighted by atomic mass is 10.1. The molecule has 0 aliphatic carbocycles. The quantitative estimate of drug-likeness (QED) is 0.714. The van der Waals surface area contributed by atoms with Crippen molar-refractivity contribution in [2.24, 2.45) is 0 Å². The Balaban J connectivity index is 2.22. The summed E-state index contributed by atoms with van der Waals surface area (Å²) in [6, 6.07) is 6.00. The Labute approximate surface area is 110 Å². The summed E-state index contributed by atoms with van der Waals surface area (Å²) < 4.78 is 12.9. The molecule has 0 aliphatic heterocycles. The molecule has 1 aromatic carbocycles. The zero-order valence-corrected chi connectivity index (χ0v) is 10.3. The van der Waals surface area contributed by atoms with E-state index in [4.69, 9.17) is 10.8 Å². The average molecular weight is 262 g/mol. The molecule has 0 saturated heterocycles. The summed E-state index contributed by atoms with van der Waals surface area (Å²) in [5, 5.41) is 11.7. The fraction of sp³-hybridized carbons (Fsp3) is 0.231. The van der Waals surface area contributed by atoms with Crippen LogP contribution in [-0.4, -0.2) is 28.2 Å². The topological polar surface area (TPSA) is 84.1 Å². The monoisotopic (exact) mass is 262 g/mol. The molecule has 0 saturated carbocycles. The fourth-order valence-electron chi connectivity index (χ4n) is 1.57. The van der Waals surface area contributed by atoms with E-state index in [0.29, 0.717) is 30.3 Å². The number of nitrogens with zero attached hydrogens (tertiary/aromatic N) is 2. The molecule has 0 unspecified atom stereocenters. The Morgan fingerprint density at radius 1 is 1.26 bits per heavy atom. The minimum absolute atomic E-state index is 0.0952. The van der Waals surface area contributed by atoms with E-state index in [0.717, 1.165) is 5.56 Å². The van der Waals surface area contributed by atoms with Crippen molar-refractivity contribution in [3.05, 3.63) is 36.3 Å². The standard InChI is InChI=1S/C13H15FN4O/c14-10-4-2-9(3-5-10)11-8-17-12(15)13(18-11)16-6-1-7-19/h2-5,8,19H,1,6-7H2,(H2,15,17)(H,16,18). The van der Waals surface area contributed by atoms with Crippen LogP contribution in [0.15, 0.2) is 30.5 Å². The zero-order valence-electron chi connectivity index (χ0n) is 10.3. The lowest BCUT2D eigenvalue weighted by Gasteiger charge is -2.09. The van der Waals surface area contributed by atoms with Crippen molar-refractivity contribution in [1.29, 1.82) is 0 Å². The summed E-state index contributed by atoms with van der Waals surface area (Å²) in [5.41, 5.74) is 7.09. The molecule has 6 heteroatoms. The fourth-order valence-corrected chi connectivity index (χ4v) is 1.57. The number of halogens is 1. The second-order valence-corrected chi connectivity index (χ2v) is 4.00. The van der Waals surface area contributed by atoms with Crippen LogP contribution in [0.4, 0.5) is 16.0 Å². The molecule has 2 rings (SSSR count). The highest BCUT2D eigenvalue weighted by Crippen LogP contribution is 2.21. The normalized spacial score (nSPS) is 10.4. The number of aliphatic hydroxyl groups excluding tert-OH is 1. The molecular weight excluding hydrogens is 247 g/mol. The van der Waals surface area contributed by atoms with Crippen LogP contribution >= 0.6 is 0 Å². The van der Waals surface area contributed by atoms with Crippen LogP contribution in [0.3, 0.4) is 0 Å². The molecule has 1 heterocycles. The van der Waals surface area contributed by atoms with E-state index in [1.54, 1.807) is 18.3 Å². The van der Waals surface area contributed by atoms with Gasteiger partial charge in [-0.1, -0.05) is 0 Å². The van der Waals surface area contributed by atoms with Crippen molar-refractivity contribution in [2.45, 2.75) is 6.42 Å². The third-order valence-corrected chi connectivity index (χ3v) is 2.57. The molecule has 19 heavy (non-hydrogen) atoms. The van der Waals surface area contributed by atoms with Gasteiger partial charge in [0.15, 0.2) is 11.6 Å². The van der Waals surface area contributed by atoms with Gasteiger partial charge in [-0.05, 0) is 30.7 Å². The molecule has 1 aromatic heterocycles. The number of rotatable bonds is 5. The number of hydrogen-bond acceptors (Lipinski definition) is 5. The third-order valence-electron chi connectivity index (χ3n) is 2.57. The first-order chi connectivity index (χ1) is 9.20. The molecule has 0 spiro atoms. The van der Waals surface area contributed by atoms with Gasteiger partial charge in [0.1, 0.15) is 5.82 Å². The van der Waals surface area contributed by atoms with E-state index in [-0.39, 0.29) is 12.4 Å². The molecule has 100 valence electrons. The minimum Gasteiger partial charge on any atom is -0.396 e. The minimum atomic E-state index is -0.298. The summed E-state index contributed by atoms with van der Waals surface area (Å²) >= 11 is 0. The van der Waals surface area contributed by atoms with Gasteiger partial charge >= 0.3 is 0 Å². The van der Waals surface area contributed by atoms with Crippen LogP contribution in [0.25, 0.3) is 11.3 Å². The summed E-state index contributed by atoms with van der Waals surface area (Å²) in [6.07, 6.45) is 2.14. The second kappa shape index (κ2) is 6.10. The molecule has 4 N–H and O–H groups in total. The predicted molar refractivity (Wildman–Crippen MR) is 72.0 cm³/mol. The number of nitrogens with two attached hydrogens (primary N) is 1. The maximum Gasteiger partial charge on any atom is 0.169 e.